The topological polar surface area (TPSA) is 23.8 Å². The van der Waals surface area contributed by atoms with Crippen molar-refractivity contribution in [1.29, 1.82) is 5.26 Å². The van der Waals surface area contributed by atoms with Gasteiger partial charge >= 0.3 is 0 Å². The summed E-state index contributed by atoms with van der Waals surface area (Å²) in [5, 5.41) is 11.8. The average Bonchev–Trinajstić information content (AvgIpc) is 2.73. The van der Waals surface area contributed by atoms with Crippen LogP contribution in [0.5, 0.6) is 0 Å². The molecule has 0 aromatic carbocycles. The monoisotopic (exact) mass is 263 g/mol. The Labute approximate surface area is 116 Å². The Hall–Kier alpha value is -0.160. The van der Waals surface area contributed by atoms with Crippen LogP contribution in [0.1, 0.15) is 53.4 Å². The van der Waals surface area contributed by atoms with Gasteiger partial charge in [0.05, 0.1) is 0 Å². The summed E-state index contributed by atoms with van der Waals surface area (Å²) in [7, 11) is 0. The molecule has 0 amide bonds. The summed E-state index contributed by atoms with van der Waals surface area (Å²) < 4.78 is 0.279. The highest BCUT2D eigenvalue weighted by molar-refractivity contribution is 8.05. The fourth-order valence-corrected chi connectivity index (χ4v) is 6.77. The Bertz CT molecular complexity index is 396. The number of thiocyanates is 1. The van der Waals surface area contributed by atoms with E-state index in [0.717, 1.165) is 29.6 Å². The highest BCUT2D eigenvalue weighted by Gasteiger charge is 2.69. The molecule has 0 radical (unpaired) electrons. The van der Waals surface area contributed by atoms with Crippen LogP contribution in [0.15, 0.2) is 0 Å². The Balaban J connectivity index is 2.01. The van der Waals surface area contributed by atoms with E-state index in [4.69, 9.17) is 0 Å². The van der Waals surface area contributed by atoms with Crippen LogP contribution in [0, 0.1) is 45.7 Å². The predicted molar refractivity (Wildman–Crippen MR) is 77.0 cm³/mol. The van der Waals surface area contributed by atoms with Crippen molar-refractivity contribution in [2.45, 2.75) is 58.1 Å². The van der Waals surface area contributed by atoms with Crippen molar-refractivity contribution in [3.05, 3.63) is 0 Å². The fourth-order valence-electron chi connectivity index (χ4n) is 5.54. The average molecular weight is 263 g/mol. The zero-order chi connectivity index (χ0) is 13.1. The lowest BCUT2D eigenvalue weighted by Gasteiger charge is -2.39. The SMILES string of the molecule is C[C@@H]1CC[C@@]2(SC#N)[C@@H]1[C@H]1[C@@H](CC[C@@H]2C)C1(C)C. The maximum absolute atomic E-state index is 9.30. The van der Waals surface area contributed by atoms with Crippen LogP contribution >= 0.6 is 11.8 Å². The van der Waals surface area contributed by atoms with E-state index in [1.54, 1.807) is 11.8 Å². The number of hydrogen-bond acceptors (Lipinski definition) is 2. The molecule has 0 spiro atoms. The second-order valence-electron chi connectivity index (χ2n) is 7.62. The molecular formula is C16H25NS. The molecule has 0 heterocycles. The molecule has 0 unspecified atom stereocenters. The lowest BCUT2D eigenvalue weighted by atomic mass is 9.76. The summed E-state index contributed by atoms with van der Waals surface area (Å²) in [6, 6.07) is 0. The van der Waals surface area contributed by atoms with E-state index < -0.39 is 0 Å². The number of hydrogen-bond donors (Lipinski definition) is 0. The smallest absolute Gasteiger partial charge is 0.133 e. The van der Waals surface area contributed by atoms with Gasteiger partial charge in [-0.2, -0.15) is 5.26 Å². The first-order chi connectivity index (χ1) is 8.45. The van der Waals surface area contributed by atoms with Gasteiger partial charge in [-0.3, -0.25) is 0 Å². The van der Waals surface area contributed by atoms with E-state index in [0.29, 0.717) is 5.41 Å². The largest absolute Gasteiger partial charge is 0.185 e. The molecule has 0 aromatic heterocycles. The van der Waals surface area contributed by atoms with E-state index in [1.807, 2.05) is 0 Å². The van der Waals surface area contributed by atoms with Crippen molar-refractivity contribution >= 4 is 11.8 Å². The van der Waals surface area contributed by atoms with Crippen molar-refractivity contribution in [2.75, 3.05) is 0 Å². The van der Waals surface area contributed by atoms with Crippen LogP contribution in [-0.2, 0) is 0 Å². The summed E-state index contributed by atoms with van der Waals surface area (Å²) in [6.07, 6.45) is 5.35. The molecule has 0 bridgehead atoms. The number of rotatable bonds is 1. The van der Waals surface area contributed by atoms with E-state index in [-0.39, 0.29) is 4.75 Å². The third-order valence-corrected chi connectivity index (χ3v) is 8.02. The third-order valence-electron chi connectivity index (χ3n) is 6.67. The Morgan fingerprint density at radius 3 is 2.50 bits per heavy atom. The van der Waals surface area contributed by atoms with Gasteiger partial charge in [-0.15, -0.1) is 0 Å². The summed E-state index contributed by atoms with van der Waals surface area (Å²) in [6.45, 7) is 9.78. The number of thioether (sulfide) groups is 1. The molecule has 0 aliphatic heterocycles. The van der Waals surface area contributed by atoms with Crippen LogP contribution in [0.4, 0.5) is 0 Å². The molecule has 3 aliphatic carbocycles. The molecule has 6 atom stereocenters. The summed E-state index contributed by atoms with van der Waals surface area (Å²) in [5.41, 5.74) is 0.546. The Morgan fingerprint density at radius 1 is 1.11 bits per heavy atom. The normalized spacial score (nSPS) is 52.9. The second-order valence-corrected chi connectivity index (χ2v) is 8.77. The molecular weight excluding hydrogens is 238 g/mol. The van der Waals surface area contributed by atoms with Crippen LogP contribution in [-0.4, -0.2) is 4.75 Å². The molecule has 1 nitrogen and oxygen atoms in total. The first kappa shape index (κ1) is 12.9. The minimum Gasteiger partial charge on any atom is -0.185 e. The molecule has 18 heavy (non-hydrogen) atoms. The standard InChI is InChI=1S/C16H25NS/c1-10-7-8-16(18-9-17)11(2)5-6-12-14(13(10)16)15(12,3)4/h10-14H,5-8H2,1-4H3/t10-,11+,12-,13+,14-,16+/m1/s1. The van der Waals surface area contributed by atoms with Gasteiger partial charge in [0.1, 0.15) is 5.40 Å². The molecule has 2 heteroatoms. The Kier molecular flexibility index (Phi) is 2.80. The lowest BCUT2D eigenvalue weighted by molar-refractivity contribution is 0.233. The van der Waals surface area contributed by atoms with Crippen molar-refractivity contribution in [3.8, 4) is 5.40 Å². The van der Waals surface area contributed by atoms with Gasteiger partial charge in [-0.05, 0) is 72.4 Å². The van der Waals surface area contributed by atoms with Crippen LogP contribution in [0.3, 0.4) is 0 Å². The van der Waals surface area contributed by atoms with Crippen molar-refractivity contribution in [3.63, 3.8) is 0 Å². The van der Waals surface area contributed by atoms with E-state index in [9.17, 15) is 5.26 Å². The van der Waals surface area contributed by atoms with E-state index in [2.05, 4.69) is 33.1 Å². The first-order valence-corrected chi connectivity index (χ1v) is 8.34. The van der Waals surface area contributed by atoms with Gasteiger partial charge in [0.25, 0.3) is 0 Å². The molecule has 3 fully saturated rings. The van der Waals surface area contributed by atoms with Gasteiger partial charge in [-0.25, -0.2) is 0 Å². The number of nitrogens with zero attached hydrogens (tertiary/aromatic N) is 1. The zero-order valence-electron chi connectivity index (χ0n) is 12.1. The molecule has 100 valence electrons. The zero-order valence-corrected chi connectivity index (χ0v) is 12.9. The maximum atomic E-state index is 9.30. The first-order valence-electron chi connectivity index (χ1n) is 7.52. The van der Waals surface area contributed by atoms with E-state index >= 15 is 0 Å². The molecule has 0 aromatic rings. The third kappa shape index (κ3) is 1.46. The molecule has 3 aliphatic rings. The number of fused-ring (bicyclic) bond motifs is 3. The van der Waals surface area contributed by atoms with Gasteiger partial charge in [0.15, 0.2) is 0 Å². The summed E-state index contributed by atoms with van der Waals surface area (Å²) in [4.78, 5) is 0. The minimum absolute atomic E-state index is 0.279. The maximum Gasteiger partial charge on any atom is 0.133 e. The fraction of sp³-hybridized carbons (Fsp3) is 0.938. The summed E-state index contributed by atoms with van der Waals surface area (Å²) >= 11 is 1.63. The van der Waals surface area contributed by atoms with Gasteiger partial charge in [-0.1, -0.05) is 27.7 Å². The molecule has 0 saturated heterocycles. The quantitative estimate of drug-likeness (QED) is 0.641. The van der Waals surface area contributed by atoms with Crippen molar-refractivity contribution in [2.24, 2.45) is 35.0 Å². The Morgan fingerprint density at radius 2 is 1.83 bits per heavy atom. The van der Waals surface area contributed by atoms with Crippen LogP contribution in [0.25, 0.3) is 0 Å². The minimum atomic E-state index is 0.279. The predicted octanol–water partition coefficient (Wildman–Crippen LogP) is 4.69. The lowest BCUT2D eigenvalue weighted by Crippen LogP contribution is -2.39. The van der Waals surface area contributed by atoms with Gasteiger partial charge in [0, 0.05) is 4.75 Å². The highest BCUT2D eigenvalue weighted by atomic mass is 32.2. The highest BCUT2D eigenvalue weighted by Crippen LogP contribution is 2.73. The summed E-state index contributed by atoms with van der Waals surface area (Å²) in [5.74, 6) is 4.16. The van der Waals surface area contributed by atoms with Crippen LogP contribution < -0.4 is 0 Å². The molecule has 3 saturated carbocycles. The van der Waals surface area contributed by atoms with Crippen molar-refractivity contribution in [1.82, 2.24) is 0 Å². The van der Waals surface area contributed by atoms with Crippen molar-refractivity contribution < 1.29 is 0 Å². The van der Waals surface area contributed by atoms with Crippen LogP contribution in [0.2, 0.25) is 0 Å². The molecule has 3 rings (SSSR count). The van der Waals surface area contributed by atoms with E-state index in [1.165, 1.54) is 25.7 Å². The number of nitriles is 1. The van der Waals surface area contributed by atoms with Gasteiger partial charge in [0.2, 0.25) is 0 Å². The molecule has 0 N–H and O–H groups in total. The second kappa shape index (κ2) is 3.92. The van der Waals surface area contributed by atoms with Gasteiger partial charge < -0.3 is 0 Å².